The highest BCUT2D eigenvalue weighted by molar-refractivity contribution is 5.78. The van der Waals surface area contributed by atoms with Gasteiger partial charge in [0.15, 0.2) is 0 Å². The standard InChI is InChI=1S/C30H40N2O5/c1-20(12-23-13-25-8-6-7-9-26(25)14-23)32(4)17-28(33)19-36-29-15-24(10-11-27(29)16-31)22(3)30(34)37-21(2)18-35-5/h6-11,15,20-23,28,33H,12-14,17-19H2,1-5H3. The Balaban J connectivity index is 1.52. The Labute approximate surface area is 221 Å². The van der Waals surface area contributed by atoms with E-state index in [1.165, 1.54) is 11.1 Å². The van der Waals surface area contributed by atoms with Gasteiger partial charge >= 0.3 is 5.97 Å². The van der Waals surface area contributed by atoms with E-state index in [0.29, 0.717) is 42.0 Å². The van der Waals surface area contributed by atoms with Crippen LogP contribution in [0.1, 0.15) is 55.4 Å². The van der Waals surface area contributed by atoms with Crippen molar-refractivity contribution in [1.29, 1.82) is 5.26 Å². The molecule has 0 saturated heterocycles. The summed E-state index contributed by atoms with van der Waals surface area (Å²) in [5.41, 5.74) is 3.95. The highest BCUT2D eigenvalue weighted by Crippen LogP contribution is 2.30. The van der Waals surface area contributed by atoms with Gasteiger partial charge in [0, 0.05) is 19.7 Å². The van der Waals surface area contributed by atoms with E-state index in [-0.39, 0.29) is 18.7 Å². The smallest absolute Gasteiger partial charge is 0.313 e. The number of ether oxygens (including phenoxy) is 3. The number of carbonyl (C=O) groups is 1. The van der Waals surface area contributed by atoms with Gasteiger partial charge < -0.3 is 24.2 Å². The Morgan fingerprint density at radius 2 is 1.81 bits per heavy atom. The molecule has 2 aromatic rings. The molecule has 1 N–H and O–H groups in total. The fourth-order valence-electron chi connectivity index (χ4n) is 4.96. The quantitative estimate of drug-likeness (QED) is 0.407. The summed E-state index contributed by atoms with van der Waals surface area (Å²) >= 11 is 0. The number of esters is 1. The molecular formula is C30H40N2O5. The summed E-state index contributed by atoms with van der Waals surface area (Å²) in [7, 11) is 3.58. The molecule has 0 amide bonds. The third-order valence-electron chi connectivity index (χ3n) is 7.19. The van der Waals surface area contributed by atoms with Crippen molar-refractivity contribution in [2.75, 3.05) is 33.9 Å². The minimum atomic E-state index is -0.722. The predicted octanol–water partition coefficient (Wildman–Crippen LogP) is 4.10. The number of carbonyl (C=O) groups excluding carboxylic acids is 1. The summed E-state index contributed by atoms with van der Waals surface area (Å²) in [6.07, 6.45) is 2.22. The van der Waals surface area contributed by atoms with Crippen molar-refractivity contribution in [2.24, 2.45) is 5.92 Å². The number of nitriles is 1. The summed E-state index contributed by atoms with van der Waals surface area (Å²) < 4.78 is 16.3. The maximum atomic E-state index is 12.5. The van der Waals surface area contributed by atoms with E-state index in [0.717, 1.165) is 19.3 Å². The number of aliphatic hydroxyl groups is 1. The second-order valence-corrected chi connectivity index (χ2v) is 10.3. The predicted molar refractivity (Wildman–Crippen MR) is 143 cm³/mol. The first-order chi connectivity index (χ1) is 17.7. The number of benzene rings is 2. The minimum Gasteiger partial charge on any atom is -0.489 e. The number of hydrogen-bond donors (Lipinski definition) is 1. The molecule has 0 fully saturated rings. The summed E-state index contributed by atoms with van der Waals surface area (Å²) in [5, 5.41) is 20.2. The maximum Gasteiger partial charge on any atom is 0.313 e. The lowest BCUT2D eigenvalue weighted by Crippen LogP contribution is -2.39. The molecule has 1 aliphatic carbocycles. The number of aliphatic hydroxyl groups excluding tert-OH is 1. The monoisotopic (exact) mass is 508 g/mol. The van der Waals surface area contributed by atoms with Crippen LogP contribution in [0.25, 0.3) is 0 Å². The summed E-state index contributed by atoms with van der Waals surface area (Å²) in [6.45, 7) is 6.55. The molecule has 1 aliphatic rings. The van der Waals surface area contributed by atoms with Crippen LogP contribution in [-0.2, 0) is 27.1 Å². The lowest BCUT2D eigenvalue weighted by atomic mass is 9.97. The molecule has 7 heteroatoms. The number of rotatable bonds is 13. The van der Waals surface area contributed by atoms with E-state index in [1.54, 1.807) is 39.2 Å². The molecule has 0 radical (unpaired) electrons. The van der Waals surface area contributed by atoms with E-state index >= 15 is 0 Å². The lowest BCUT2D eigenvalue weighted by molar-refractivity contribution is -0.151. The molecule has 7 nitrogen and oxygen atoms in total. The van der Waals surface area contributed by atoms with Gasteiger partial charge in [0.2, 0.25) is 0 Å². The van der Waals surface area contributed by atoms with Crippen LogP contribution < -0.4 is 4.74 Å². The van der Waals surface area contributed by atoms with Gasteiger partial charge in [-0.25, -0.2) is 0 Å². The van der Waals surface area contributed by atoms with Gasteiger partial charge in [-0.05, 0) is 81.8 Å². The van der Waals surface area contributed by atoms with Crippen molar-refractivity contribution in [3.05, 3.63) is 64.7 Å². The third-order valence-corrected chi connectivity index (χ3v) is 7.19. The van der Waals surface area contributed by atoms with Crippen LogP contribution in [0.3, 0.4) is 0 Å². The van der Waals surface area contributed by atoms with Crippen LogP contribution in [-0.4, -0.2) is 68.1 Å². The number of likely N-dealkylation sites (N-methyl/N-ethyl adjacent to an activating group) is 1. The minimum absolute atomic E-state index is 0.0494. The van der Waals surface area contributed by atoms with E-state index < -0.39 is 12.0 Å². The van der Waals surface area contributed by atoms with Crippen molar-refractivity contribution in [2.45, 2.75) is 64.2 Å². The van der Waals surface area contributed by atoms with Crippen molar-refractivity contribution in [1.82, 2.24) is 4.90 Å². The highest BCUT2D eigenvalue weighted by atomic mass is 16.6. The second kappa shape index (κ2) is 13.6. The lowest BCUT2D eigenvalue weighted by Gasteiger charge is -2.29. The SMILES string of the molecule is COCC(C)OC(=O)C(C)c1ccc(C#N)c(OCC(O)CN(C)C(C)CC2Cc3ccccc3C2)c1. The molecule has 0 spiro atoms. The number of methoxy groups -OCH3 is 1. The molecule has 4 atom stereocenters. The summed E-state index contributed by atoms with van der Waals surface area (Å²) in [4.78, 5) is 14.7. The van der Waals surface area contributed by atoms with Gasteiger partial charge in [0.1, 0.15) is 30.6 Å². The fraction of sp³-hybridized carbons (Fsp3) is 0.533. The third kappa shape index (κ3) is 8.03. The molecule has 2 aromatic carbocycles. The average molecular weight is 509 g/mol. The van der Waals surface area contributed by atoms with Crippen LogP contribution >= 0.6 is 0 Å². The van der Waals surface area contributed by atoms with Gasteiger partial charge in [0.25, 0.3) is 0 Å². The van der Waals surface area contributed by atoms with Crippen molar-refractivity contribution < 1.29 is 24.1 Å². The van der Waals surface area contributed by atoms with Crippen molar-refractivity contribution in [3.63, 3.8) is 0 Å². The van der Waals surface area contributed by atoms with Gasteiger partial charge in [0.05, 0.1) is 18.1 Å². The van der Waals surface area contributed by atoms with Crippen LogP contribution in [0, 0.1) is 17.2 Å². The Hall–Kier alpha value is -2.92. The number of nitrogens with zero attached hydrogens (tertiary/aromatic N) is 2. The van der Waals surface area contributed by atoms with Gasteiger partial charge in [-0.15, -0.1) is 0 Å². The Morgan fingerprint density at radius 3 is 2.43 bits per heavy atom. The van der Waals surface area contributed by atoms with Gasteiger partial charge in [-0.3, -0.25) is 4.79 Å². The van der Waals surface area contributed by atoms with Crippen LogP contribution in [0.15, 0.2) is 42.5 Å². The average Bonchev–Trinajstić information content (AvgIpc) is 3.29. The molecule has 0 saturated carbocycles. The van der Waals surface area contributed by atoms with E-state index in [9.17, 15) is 15.2 Å². The first kappa shape index (κ1) is 28.6. The number of fused-ring (bicyclic) bond motifs is 1. The van der Waals surface area contributed by atoms with Crippen LogP contribution in [0.2, 0.25) is 0 Å². The molecule has 0 aliphatic heterocycles. The molecule has 0 heterocycles. The molecular weight excluding hydrogens is 468 g/mol. The largest absolute Gasteiger partial charge is 0.489 e. The van der Waals surface area contributed by atoms with Crippen LogP contribution in [0.5, 0.6) is 5.75 Å². The highest BCUT2D eigenvalue weighted by Gasteiger charge is 2.25. The molecule has 0 bridgehead atoms. The molecule has 3 rings (SSSR count). The van der Waals surface area contributed by atoms with Gasteiger partial charge in [-0.2, -0.15) is 5.26 Å². The zero-order valence-electron chi connectivity index (χ0n) is 22.6. The molecule has 0 aromatic heterocycles. The molecule has 37 heavy (non-hydrogen) atoms. The maximum absolute atomic E-state index is 12.5. The summed E-state index contributed by atoms with van der Waals surface area (Å²) in [6, 6.07) is 16.1. The van der Waals surface area contributed by atoms with Crippen molar-refractivity contribution in [3.8, 4) is 11.8 Å². The second-order valence-electron chi connectivity index (χ2n) is 10.3. The summed E-state index contributed by atoms with van der Waals surface area (Å²) in [5.74, 6) is 0.0626. The van der Waals surface area contributed by atoms with E-state index in [2.05, 4.69) is 42.2 Å². The number of hydrogen-bond acceptors (Lipinski definition) is 7. The molecule has 4 unspecified atom stereocenters. The van der Waals surface area contributed by atoms with E-state index in [4.69, 9.17) is 14.2 Å². The first-order valence-corrected chi connectivity index (χ1v) is 13.0. The Bertz CT molecular complexity index is 1060. The normalized spacial score (nSPS) is 16.5. The topological polar surface area (TPSA) is 92.0 Å². The van der Waals surface area contributed by atoms with Crippen LogP contribution in [0.4, 0.5) is 0 Å². The zero-order valence-corrected chi connectivity index (χ0v) is 22.6. The fourth-order valence-corrected chi connectivity index (χ4v) is 4.96. The first-order valence-electron chi connectivity index (χ1n) is 13.0. The molecule has 200 valence electrons. The zero-order chi connectivity index (χ0) is 26.9. The Morgan fingerprint density at radius 1 is 1.14 bits per heavy atom. The van der Waals surface area contributed by atoms with Gasteiger partial charge in [-0.1, -0.05) is 30.3 Å². The van der Waals surface area contributed by atoms with E-state index in [1.807, 2.05) is 7.05 Å². The van der Waals surface area contributed by atoms with Crippen molar-refractivity contribution >= 4 is 5.97 Å². The Kier molecular flexibility index (Phi) is 10.5.